The molecule has 0 fully saturated rings. The minimum absolute atomic E-state index is 0.180. The fraction of sp³-hybridized carbons (Fsp3) is 0.250. The number of ether oxygens (including phenoxy) is 1. The lowest BCUT2D eigenvalue weighted by Gasteiger charge is -2.07. The average molecular weight is 297 g/mol. The second kappa shape index (κ2) is 4.79. The van der Waals surface area contributed by atoms with E-state index in [2.05, 4.69) is 20.9 Å². The van der Waals surface area contributed by atoms with Crippen LogP contribution < -0.4 is 10.5 Å². The molecule has 0 aliphatic rings. The first-order valence-corrected chi connectivity index (χ1v) is 6.04. The lowest BCUT2D eigenvalue weighted by Crippen LogP contribution is -1.90. The summed E-state index contributed by atoms with van der Waals surface area (Å²) in [5, 5.41) is 0. The van der Waals surface area contributed by atoms with Crippen molar-refractivity contribution in [3.63, 3.8) is 0 Å². The number of hydrogen-bond donors (Lipinski definition) is 1. The third-order valence-corrected chi connectivity index (χ3v) is 2.95. The van der Waals surface area contributed by atoms with E-state index in [-0.39, 0.29) is 6.01 Å². The highest BCUT2D eigenvalue weighted by Gasteiger charge is 2.16. The van der Waals surface area contributed by atoms with E-state index in [1.54, 1.807) is 7.11 Å². The molecule has 0 aliphatic heterocycles. The van der Waals surface area contributed by atoms with Crippen LogP contribution in [0.3, 0.4) is 0 Å². The molecule has 1 aromatic heterocycles. The van der Waals surface area contributed by atoms with Crippen molar-refractivity contribution >= 4 is 21.9 Å². The summed E-state index contributed by atoms with van der Waals surface area (Å²) in [6.07, 6.45) is 0.756. The first kappa shape index (κ1) is 12.0. The van der Waals surface area contributed by atoms with Gasteiger partial charge < -0.3 is 14.9 Å². The van der Waals surface area contributed by atoms with Crippen molar-refractivity contribution < 1.29 is 9.15 Å². The molecule has 2 aromatic rings. The Balaban J connectivity index is 2.61. The number of nitrogen functional groups attached to an aromatic ring is 1. The molecule has 0 saturated heterocycles. The van der Waals surface area contributed by atoms with E-state index in [4.69, 9.17) is 14.9 Å². The maximum absolute atomic E-state index is 5.59. The highest BCUT2D eigenvalue weighted by Crippen LogP contribution is 2.35. The summed E-state index contributed by atoms with van der Waals surface area (Å²) in [6, 6.07) is 5.89. The molecule has 5 heteroatoms. The zero-order valence-corrected chi connectivity index (χ0v) is 11.2. The predicted molar refractivity (Wildman–Crippen MR) is 70.0 cm³/mol. The first-order valence-electron chi connectivity index (χ1n) is 5.24. The summed E-state index contributed by atoms with van der Waals surface area (Å²) in [7, 11) is 1.62. The van der Waals surface area contributed by atoms with Crippen molar-refractivity contribution in [1.82, 2.24) is 4.98 Å². The van der Waals surface area contributed by atoms with E-state index < -0.39 is 0 Å². The van der Waals surface area contributed by atoms with Crippen LogP contribution in [0.15, 0.2) is 27.1 Å². The van der Waals surface area contributed by atoms with Crippen LogP contribution in [-0.4, -0.2) is 12.1 Å². The average Bonchev–Trinajstić information content (AvgIpc) is 2.70. The van der Waals surface area contributed by atoms with E-state index in [9.17, 15) is 0 Å². The van der Waals surface area contributed by atoms with Gasteiger partial charge in [0.1, 0.15) is 5.75 Å². The SMILES string of the molecule is CCc1nc(N)oc1-c1cc(Br)ccc1OC. The first-order chi connectivity index (χ1) is 8.15. The summed E-state index contributed by atoms with van der Waals surface area (Å²) in [6.45, 7) is 2.01. The van der Waals surface area contributed by atoms with Crippen LogP contribution >= 0.6 is 15.9 Å². The summed E-state index contributed by atoms with van der Waals surface area (Å²) in [5.41, 5.74) is 7.27. The van der Waals surface area contributed by atoms with Gasteiger partial charge in [-0.2, -0.15) is 4.98 Å². The van der Waals surface area contributed by atoms with E-state index >= 15 is 0 Å². The van der Waals surface area contributed by atoms with E-state index in [0.29, 0.717) is 5.76 Å². The van der Waals surface area contributed by atoms with Crippen LogP contribution in [0.5, 0.6) is 5.75 Å². The number of oxazole rings is 1. The van der Waals surface area contributed by atoms with Crippen molar-refractivity contribution in [3.8, 4) is 17.1 Å². The van der Waals surface area contributed by atoms with Gasteiger partial charge in [0.05, 0.1) is 18.4 Å². The molecule has 0 atom stereocenters. The monoisotopic (exact) mass is 296 g/mol. The molecular formula is C12H13BrN2O2. The molecule has 0 spiro atoms. The quantitative estimate of drug-likeness (QED) is 0.944. The van der Waals surface area contributed by atoms with Gasteiger partial charge in [-0.1, -0.05) is 22.9 Å². The topological polar surface area (TPSA) is 61.3 Å². The number of aryl methyl sites for hydroxylation is 1. The Morgan fingerprint density at radius 3 is 2.88 bits per heavy atom. The van der Waals surface area contributed by atoms with Gasteiger partial charge in [0, 0.05) is 4.47 Å². The zero-order chi connectivity index (χ0) is 12.4. The number of halogens is 1. The van der Waals surface area contributed by atoms with Crippen LogP contribution in [0.25, 0.3) is 11.3 Å². The molecule has 1 heterocycles. The third kappa shape index (κ3) is 2.29. The molecule has 17 heavy (non-hydrogen) atoms. The Morgan fingerprint density at radius 2 is 2.24 bits per heavy atom. The van der Waals surface area contributed by atoms with Crippen LogP contribution in [0, 0.1) is 0 Å². The maximum atomic E-state index is 5.59. The lowest BCUT2D eigenvalue weighted by atomic mass is 10.1. The summed E-state index contributed by atoms with van der Waals surface area (Å²) < 4.78 is 11.7. The fourth-order valence-corrected chi connectivity index (χ4v) is 2.04. The molecule has 0 radical (unpaired) electrons. The van der Waals surface area contributed by atoms with Gasteiger partial charge in [0.15, 0.2) is 5.76 Å². The third-order valence-electron chi connectivity index (χ3n) is 2.45. The Hall–Kier alpha value is -1.49. The Bertz CT molecular complexity index is 537. The Kier molecular flexibility index (Phi) is 3.38. The van der Waals surface area contributed by atoms with Gasteiger partial charge in [0.25, 0.3) is 6.01 Å². The molecule has 2 rings (SSSR count). The smallest absolute Gasteiger partial charge is 0.292 e. The summed E-state index contributed by atoms with van der Waals surface area (Å²) in [5.74, 6) is 1.40. The Labute approximate surface area is 108 Å². The van der Waals surface area contributed by atoms with Crippen molar-refractivity contribution in [2.45, 2.75) is 13.3 Å². The normalized spacial score (nSPS) is 10.5. The molecule has 90 valence electrons. The van der Waals surface area contributed by atoms with Gasteiger partial charge in [-0.3, -0.25) is 0 Å². The maximum Gasteiger partial charge on any atom is 0.292 e. The second-order valence-corrected chi connectivity index (χ2v) is 4.44. The van der Waals surface area contributed by atoms with Crippen molar-refractivity contribution in [3.05, 3.63) is 28.4 Å². The molecule has 0 bridgehead atoms. The lowest BCUT2D eigenvalue weighted by molar-refractivity contribution is 0.414. The minimum atomic E-state index is 0.180. The number of benzene rings is 1. The number of nitrogens with two attached hydrogens (primary N) is 1. The highest BCUT2D eigenvalue weighted by atomic mass is 79.9. The van der Waals surface area contributed by atoms with Gasteiger partial charge in [-0.05, 0) is 24.6 Å². The van der Waals surface area contributed by atoms with Gasteiger partial charge >= 0.3 is 0 Å². The standard InChI is InChI=1S/C12H13BrN2O2/c1-3-9-11(17-12(14)15-9)8-6-7(13)4-5-10(8)16-2/h4-6H,3H2,1-2H3,(H2,14,15). The van der Waals surface area contributed by atoms with E-state index in [1.807, 2.05) is 25.1 Å². The van der Waals surface area contributed by atoms with E-state index in [0.717, 1.165) is 27.9 Å². The number of nitrogens with zero attached hydrogens (tertiary/aromatic N) is 1. The van der Waals surface area contributed by atoms with Gasteiger partial charge in [-0.15, -0.1) is 0 Å². The van der Waals surface area contributed by atoms with Crippen LogP contribution in [0.4, 0.5) is 6.01 Å². The predicted octanol–water partition coefficient (Wildman–Crippen LogP) is 3.26. The van der Waals surface area contributed by atoms with Crippen LogP contribution in [0.1, 0.15) is 12.6 Å². The Morgan fingerprint density at radius 1 is 1.47 bits per heavy atom. The molecule has 0 saturated carbocycles. The zero-order valence-electron chi connectivity index (χ0n) is 9.66. The summed E-state index contributed by atoms with van der Waals surface area (Å²) in [4.78, 5) is 4.15. The van der Waals surface area contributed by atoms with Gasteiger partial charge in [-0.25, -0.2) is 0 Å². The number of methoxy groups -OCH3 is 1. The minimum Gasteiger partial charge on any atom is -0.496 e. The molecule has 1 aromatic carbocycles. The molecule has 2 N–H and O–H groups in total. The number of anilines is 1. The van der Waals surface area contributed by atoms with Crippen molar-refractivity contribution in [2.24, 2.45) is 0 Å². The van der Waals surface area contributed by atoms with E-state index in [1.165, 1.54) is 0 Å². The largest absolute Gasteiger partial charge is 0.496 e. The molecular weight excluding hydrogens is 284 g/mol. The molecule has 0 aliphatic carbocycles. The van der Waals surface area contributed by atoms with Crippen LogP contribution in [0.2, 0.25) is 0 Å². The summed E-state index contributed by atoms with van der Waals surface area (Å²) >= 11 is 3.43. The highest BCUT2D eigenvalue weighted by molar-refractivity contribution is 9.10. The number of rotatable bonds is 3. The molecule has 4 nitrogen and oxygen atoms in total. The number of hydrogen-bond acceptors (Lipinski definition) is 4. The number of aromatic nitrogens is 1. The molecule has 0 amide bonds. The molecule has 0 unspecified atom stereocenters. The van der Waals surface area contributed by atoms with Crippen molar-refractivity contribution in [1.29, 1.82) is 0 Å². The van der Waals surface area contributed by atoms with Gasteiger partial charge in [0.2, 0.25) is 0 Å². The van der Waals surface area contributed by atoms with Crippen LogP contribution in [-0.2, 0) is 6.42 Å². The fourth-order valence-electron chi connectivity index (χ4n) is 1.68. The van der Waals surface area contributed by atoms with Crippen molar-refractivity contribution in [2.75, 3.05) is 12.8 Å². The second-order valence-electron chi connectivity index (χ2n) is 3.53.